The highest BCUT2D eigenvalue weighted by Gasteiger charge is 2.24. The summed E-state index contributed by atoms with van der Waals surface area (Å²) in [6.07, 6.45) is 1.44. The van der Waals surface area contributed by atoms with Gasteiger partial charge in [0.2, 0.25) is 5.91 Å². The molecule has 2 aromatic carbocycles. The van der Waals surface area contributed by atoms with Crippen LogP contribution in [-0.4, -0.2) is 36.8 Å². The number of carbonyl (C=O) groups excluding carboxylic acids is 1. The Labute approximate surface area is 151 Å². The monoisotopic (exact) mass is 357 g/mol. The molecule has 1 saturated heterocycles. The van der Waals surface area contributed by atoms with E-state index >= 15 is 0 Å². The number of methoxy groups -OCH3 is 2. The molecule has 26 heavy (non-hydrogen) atoms. The molecule has 0 radical (unpaired) electrons. The average Bonchev–Trinajstić information content (AvgIpc) is 3.06. The largest absolute Gasteiger partial charge is 0.733 e. The zero-order chi connectivity index (χ0) is 18.7. The van der Waals surface area contributed by atoms with Crippen molar-refractivity contribution >= 4 is 11.6 Å². The second-order valence-corrected chi connectivity index (χ2v) is 6.08. The predicted molar refractivity (Wildman–Crippen MR) is 97.3 cm³/mol. The highest BCUT2D eigenvalue weighted by molar-refractivity contribution is 5.81. The predicted octanol–water partition coefficient (Wildman–Crippen LogP) is 3.19. The molecule has 1 aliphatic rings. The molecular weight excluding hydrogens is 336 g/mol. The van der Waals surface area contributed by atoms with Gasteiger partial charge in [0.1, 0.15) is 11.5 Å². The number of hydrogen-bond donors (Lipinski definition) is 1. The molecule has 0 saturated carbocycles. The second-order valence-electron chi connectivity index (χ2n) is 6.08. The smallest absolute Gasteiger partial charge is 0.222 e. The van der Waals surface area contributed by atoms with E-state index < -0.39 is 0 Å². The van der Waals surface area contributed by atoms with Crippen LogP contribution in [0.15, 0.2) is 36.4 Å². The first-order valence-corrected chi connectivity index (χ1v) is 8.33. The van der Waals surface area contributed by atoms with Gasteiger partial charge >= 0.3 is 0 Å². The number of rotatable bonds is 6. The fourth-order valence-electron chi connectivity index (χ4n) is 3.27. The quantitative estimate of drug-likeness (QED) is 0.799. The fraction of sp³-hybridized carbons (Fsp3) is 0.316. The van der Waals surface area contributed by atoms with Crippen LogP contribution in [0.5, 0.6) is 11.5 Å². The van der Waals surface area contributed by atoms with Crippen LogP contribution in [0.4, 0.5) is 5.69 Å². The third-order valence-electron chi connectivity index (χ3n) is 4.51. The van der Waals surface area contributed by atoms with Crippen LogP contribution in [0.25, 0.3) is 11.1 Å². The summed E-state index contributed by atoms with van der Waals surface area (Å²) >= 11 is 0. The van der Waals surface area contributed by atoms with E-state index in [4.69, 9.17) is 9.47 Å². The first-order valence-electron chi connectivity index (χ1n) is 8.33. The number of ether oxygens (including phenoxy) is 2. The minimum Gasteiger partial charge on any atom is -0.733 e. The summed E-state index contributed by atoms with van der Waals surface area (Å²) in [7, 11) is 3.11. The lowest BCUT2D eigenvalue weighted by Crippen LogP contribution is -2.24. The van der Waals surface area contributed by atoms with Gasteiger partial charge in [0.15, 0.2) is 0 Å². The number of likely N-dealkylation sites (tertiary alicyclic amines) is 1. The van der Waals surface area contributed by atoms with E-state index in [9.17, 15) is 15.2 Å². The van der Waals surface area contributed by atoms with Crippen LogP contribution in [0.2, 0.25) is 0 Å². The van der Waals surface area contributed by atoms with Crippen molar-refractivity contribution in [3.63, 3.8) is 0 Å². The summed E-state index contributed by atoms with van der Waals surface area (Å²) in [4.78, 5) is 13.8. The summed E-state index contributed by atoms with van der Waals surface area (Å²) in [5.74, 6) is 1.29. The Morgan fingerprint density at radius 2 is 2.04 bits per heavy atom. The van der Waals surface area contributed by atoms with E-state index in [-0.39, 0.29) is 16.8 Å². The number of benzene rings is 2. The van der Waals surface area contributed by atoms with Gasteiger partial charge in [-0.05, 0) is 36.2 Å². The molecule has 0 atom stereocenters. The number of nitrogens with zero attached hydrogens (tertiary/aromatic N) is 2. The van der Waals surface area contributed by atoms with E-state index in [1.807, 2.05) is 12.1 Å². The molecular formula is C19H21N2O5-. The van der Waals surface area contributed by atoms with E-state index in [1.54, 1.807) is 37.3 Å². The molecule has 2 aromatic rings. The molecule has 0 bridgehead atoms. The molecule has 1 aliphatic heterocycles. The van der Waals surface area contributed by atoms with Crippen molar-refractivity contribution in [3.05, 3.63) is 47.2 Å². The summed E-state index contributed by atoms with van der Waals surface area (Å²) in [6, 6.07) is 10.2. The van der Waals surface area contributed by atoms with Crippen LogP contribution in [0, 0.1) is 5.21 Å². The van der Waals surface area contributed by atoms with Crippen molar-refractivity contribution in [1.29, 1.82) is 0 Å². The number of amides is 1. The topological polar surface area (TPSA) is 85.3 Å². The van der Waals surface area contributed by atoms with Gasteiger partial charge in [-0.3, -0.25) is 10.0 Å². The van der Waals surface area contributed by atoms with E-state index in [0.29, 0.717) is 35.6 Å². The Balaban J connectivity index is 2.09. The third kappa shape index (κ3) is 3.44. The van der Waals surface area contributed by atoms with Crippen LogP contribution in [0.1, 0.15) is 18.4 Å². The number of hydrogen-bond acceptors (Lipinski definition) is 6. The van der Waals surface area contributed by atoms with Gasteiger partial charge in [0.25, 0.3) is 0 Å². The number of carbonyl (C=O) groups is 1. The Bertz CT molecular complexity index is 807. The summed E-state index contributed by atoms with van der Waals surface area (Å²) in [5, 5.41) is 20.2. The minimum absolute atomic E-state index is 0.103. The highest BCUT2D eigenvalue weighted by atomic mass is 16.8. The second kappa shape index (κ2) is 7.63. The third-order valence-corrected chi connectivity index (χ3v) is 4.51. The first kappa shape index (κ1) is 18.0. The standard InChI is InChI=1S/C19H21N2O5/c1-25-16-9-8-14(12-20-10-4-7-17(20)22)19(26-2)18(16)13-5-3-6-15(11-13)21(23)24/h3,5-6,8-9,11,23H,4,7,10,12H2,1-2H3/q-1. The molecule has 138 valence electrons. The maximum Gasteiger partial charge on any atom is 0.222 e. The van der Waals surface area contributed by atoms with Crippen LogP contribution in [0.3, 0.4) is 0 Å². The first-order chi connectivity index (χ1) is 12.5. The lowest BCUT2D eigenvalue weighted by Gasteiger charge is -2.24. The van der Waals surface area contributed by atoms with Gasteiger partial charge in [-0.1, -0.05) is 12.1 Å². The van der Waals surface area contributed by atoms with Crippen LogP contribution >= 0.6 is 0 Å². The molecule has 7 heteroatoms. The highest BCUT2D eigenvalue weighted by Crippen LogP contribution is 2.42. The van der Waals surface area contributed by atoms with Crippen molar-refractivity contribution in [3.8, 4) is 22.6 Å². The molecule has 3 rings (SSSR count). The van der Waals surface area contributed by atoms with Crippen LogP contribution < -0.4 is 14.7 Å². The van der Waals surface area contributed by atoms with Gasteiger partial charge in [0.05, 0.1) is 25.5 Å². The maximum atomic E-state index is 12.0. The van der Waals surface area contributed by atoms with E-state index in [0.717, 1.165) is 18.5 Å². The lowest BCUT2D eigenvalue weighted by molar-refractivity contribution is -0.128. The zero-order valence-corrected chi connectivity index (χ0v) is 14.8. The van der Waals surface area contributed by atoms with Crippen molar-refractivity contribution in [2.24, 2.45) is 0 Å². The number of anilines is 1. The normalized spacial score (nSPS) is 13.8. The molecule has 1 N–H and O–H groups in total. The Hall–Kier alpha value is -2.77. The maximum absolute atomic E-state index is 12.0. The molecule has 1 heterocycles. The SMILES string of the molecule is COc1ccc(CN2CCCC2=O)c(OC)c1-c1cccc(N([O-])O)c1. The Kier molecular flexibility index (Phi) is 5.29. The summed E-state index contributed by atoms with van der Waals surface area (Å²) in [6.45, 7) is 1.18. The lowest BCUT2D eigenvalue weighted by atomic mass is 9.99. The molecule has 0 aromatic heterocycles. The van der Waals surface area contributed by atoms with E-state index in [2.05, 4.69) is 0 Å². The molecule has 0 spiro atoms. The molecule has 1 fully saturated rings. The van der Waals surface area contributed by atoms with Gasteiger partial charge < -0.3 is 24.8 Å². The average molecular weight is 357 g/mol. The molecule has 0 aliphatic carbocycles. The van der Waals surface area contributed by atoms with Gasteiger partial charge in [0, 0.05) is 25.1 Å². The van der Waals surface area contributed by atoms with Crippen molar-refractivity contribution < 1.29 is 19.5 Å². The molecule has 0 unspecified atom stereocenters. The molecule has 7 nitrogen and oxygen atoms in total. The van der Waals surface area contributed by atoms with Gasteiger partial charge in [-0.2, -0.15) is 0 Å². The summed E-state index contributed by atoms with van der Waals surface area (Å²) < 4.78 is 11.1. The minimum atomic E-state index is -0.185. The zero-order valence-electron chi connectivity index (χ0n) is 14.8. The fourth-order valence-corrected chi connectivity index (χ4v) is 3.27. The van der Waals surface area contributed by atoms with Crippen molar-refractivity contribution in [2.45, 2.75) is 19.4 Å². The van der Waals surface area contributed by atoms with Crippen molar-refractivity contribution in [1.82, 2.24) is 4.90 Å². The Morgan fingerprint density at radius 1 is 1.23 bits per heavy atom. The Morgan fingerprint density at radius 3 is 2.65 bits per heavy atom. The summed E-state index contributed by atoms with van der Waals surface area (Å²) in [5.41, 5.74) is 2.29. The molecule has 1 amide bonds. The van der Waals surface area contributed by atoms with Crippen LogP contribution in [-0.2, 0) is 11.3 Å². The van der Waals surface area contributed by atoms with E-state index in [1.165, 1.54) is 6.07 Å². The van der Waals surface area contributed by atoms with Gasteiger partial charge in [-0.15, -0.1) is 0 Å². The van der Waals surface area contributed by atoms with Gasteiger partial charge in [-0.25, -0.2) is 0 Å². The van der Waals surface area contributed by atoms with Crippen molar-refractivity contribution in [2.75, 3.05) is 26.0 Å².